The lowest BCUT2D eigenvalue weighted by Gasteiger charge is -2.08. The van der Waals surface area contributed by atoms with Crippen molar-refractivity contribution < 1.29 is 13.6 Å². The number of hydrogen-bond donors (Lipinski definition) is 1. The molecule has 0 bridgehead atoms. The van der Waals surface area contributed by atoms with Crippen LogP contribution in [-0.2, 0) is 5.75 Å². The van der Waals surface area contributed by atoms with Crippen molar-refractivity contribution in [2.75, 3.05) is 5.32 Å². The molecule has 0 aliphatic rings. The van der Waals surface area contributed by atoms with Crippen molar-refractivity contribution in [1.82, 2.24) is 4.98 Å². The van der Waals surface area contributed by atoms with Crippen molar-refractivity contribution in [3.8, 4) is 11.5 Å². The maximum atomic E-state index is 13.2. The molecule has 0 atom stereocenters. The van der Waals surface area contributed by atoms with Crippen LogP contribution in [0.2, 0.25) is 0 Å². The maximum absolute atomic E-state index is 13.2. The summed E-state index contributed by atoms with van der Waals surface area (Å²) in [7, 11) is 0. The molecular formula is C25H21FN2O2S. The zero-order valence-corrected chi connectivity index (χ0v) is 18.0. The molecule has 0 radical (unpaired) electrons. The van der Waals surface area contributed by atoms with E-state index in [2.05, 4.69) is 22.4 Å². The van der Waals surface area contributed by atoms with E-state index < -0.39 is 0 Å². The monoisotopic (exact) mass is 432 g/mol. The number of hydrogen-bond acceptors (Lipinski definition) is 4. The first-order chi connectivity index (χ1) is 15.0. The Morgan fingerprint density at radius 3 is 2.48 bits per heavy atom. The first kappa shape index (κ1) is 20.9. The van der Waals surface area contributed by atoms with Crippen molar-refractivity contribution >= 4 is 23.4 Å². The molecule has 0 aliphatic carbocycles. The Morgan fingerprint density at radius 2 is 1.77 bits per heavy atom. The Kier molecular flexibility index (Phi) is 6.18. The van der Waals surface area contributed by atoms with Gasteiger partial charge in [-0.15, -0.1) is 11.8 Å². The number of aromatic nitrogens is 1. The van der Waals surface area contributed by atoms with Crippen LogP contribution in [0.4, 0.5) is 10.1 Å². The van der Waals surface area contributed by atoms with E-state index in [1.165, 1.54) is 17.0 Å². The van der Waals surface area contributed by atoms with Crippen molar-refractivity contribution in [2.24, 2.45) is 0 Å². The Balaban J connectivity index is 1.44. The van der Waals surface area contributed by atoms with Crippen LogP contribution >= 0.6 is 11.8 Å². The molecule has 156 valence electrons. The van der Waals surface area contributed by atoms with E-state index in [9.17, 15) is 9.18 Å². The lowest BCUT2D eigenvalue weighted by molar-refractivity contribution is 0.102. The van der Waals surface area contributed by atoms with Gasteiger partial charge in [-0.3, -0.25) is 4.79 Å². The number of benzene rings is 3. The number of nitrogens with one attached hydrogen (secondary N) is 1. The van der Waals surface area contributed by atoms with Crippen LogP contribution in [0.25, 0.3) is 11.5 Å². The molecule has 1 heterocycles. The molecule has 0 aliphatic heterocycles. The number of carbonyl (C=O) groups excluding carboxylic acids is 1. The molecule has 4 nitrogen and oxygen atoms in total. The second-order valence-electron chi connectivity index (χ2n) is 7.11. The first-order valence-electron chi connectivity index (χ1n) is 9.82. The fourth-order valence-corrected chi connectivity index (χ4v) is 4.00. The number of rotatable bonds is 6. The van der Waals surface area contributed by atoms with Crippen LogP contribution in [0.15, 0.2) is 82.1 Å². The number of nitrogens with zero attached hydrogens (tertiary/aromatic N) is 1. The van der Waals surface area contributed by atoms with Gasteiger partial charge in [0.05, 0.1) is 5.69 Å². The summed E-state index contributed by atoms with van der Waals surface area (Å²) in [6, 6.07) is 21.5. The zero-order chi connectivity index (χ0) is 21.8. The van der Waals surface area contributed by atoms with E-state index in [-0.39, 0.29) is 11.7 Å². The number of anilines is 1. The highest BCUT2D eigenvalue weighted by Gasteiger charge is 2.13. The lowest BCUT2D eigenvalue weighted by atomic mass is 10.1. The van der Waals surface area contributed by atoms with Crippen LogP contribution in [-0.4, -0.2) is 10.9 Å². The van der Waals surface area contributed by atoms with Gasteiger partial charge in [-0.25, -0.2) is 9.37 Å². The van der Waals surface area contributed by atoms with Gasteiger partial charge in [0.2, 0.25) is 5.89 Å². The van der Waals surface area contributed by atoms with Crippen LogP contribution < -0.4 is 5.32 Å². The van der Waals surface area contributed by atoms with E-state index in [0.717, 1.165) is 22.8 Å². The topological polar surface area (TPSA) is 55.1 Å². The van der Waals surface area contributed by atoms with Crippen LogP contribution in [0.5, 0.6) is 0 Å². The molecule has 4 rings (SSSR count). The lowest BCUT2D eigenvalue weighted by Crippen LogP contribution is -2.12. The zero-order valence-electron chi connectivity index (χ0n) is 17.2. The molecule has 0 saturated carbocycles. The fourth-order valence-electron chi connectivity index (χ4n) is 3.08. The van der Waals surface area contributed by atoms with Gasteiger partial charge >= 0.3 is 0 Å². The number of amides is 1. The number of thioether (sulfide) groups is 1. The number of oxazole rings is 1. The predicted molar refractivity (Wildman–Crippen MR) is 122 cm³/mol. The summed E-state index contributed by atoms with van der Waals surface area (Å²) in [6.07, 6.45) is 0. The molecule has 3 aromatic carbocycles. The maximum Gasteiger partial charge on any atom is 0.255 e. The molecule has 1 N–H and O–H groups in total. The fraction of sp³-hybridized carbons (Fsp3) is 0.120. The summed E-state index contributed by atoms with van der Waals surface area (Å²) in [5, 5.41) is 2.81. The van der Waals surface area contributed by atoms with Crippen LogP contribution in [0, 0.1) is 19.7 Å². The van der Waals surface area contributed by atoms with Gasteiger partial charge in [-0.2, -0.15) is 0 Å². The normalized spacial score (nSPS) is 10.8. The SMILES string of the molecule is Cc1cc(F)ccc1NC(=O)c1ccc(-c2nc(CSc3ccccc3)c(C)o2)cc1. The molecule has 31 heavy (non-hydrogen) atoms. The quantitative estimate of drug-likeness (QED) is 0.347. The van der Waals surface area contributed by atoms with Gasteiger partial charge in [0.25, 0.3) is 5.91 Å². The molecule has 0 fully saturated rings. The summed E-state index contributed by atoms with van der Waals surface area (Å²) in [4.78, 5) is 18.3. The minimum atomic E-state index is -0.331. The Hall–Kier alpha value is -3.38. The van der Waals surface area contributed by atoms with Gasteiger partial charge in [0, 0.05) is 27.5 Å². The summed E-state index contributed by atoms with van der Waals surface area (Å²) < 4.78 is 19.1. The molecular weight excluding hydrogens is 411 g/mol. The van der Waals surface area contributed by atoms with Gasteiger partial charge in [0.1, 0.15) is 11.6 Å². The first-order valence-corrected chi connectivity index (χ1v) is 10.8. The summed E-state index contributed by atoms with van der Waals surface area (Å²) in [5.74, 6) is 1.44. The van der Waals surface area contributed by atoms with Crippen molar-refractivity contribution in [1.29, 1.82) is 0 Å². The molecule has 4 aromatic rings. The van der Waals surface area contributed by atoms with E-state index in [0.29, 0.717) is 22.7 Å². The largest absolute Gasteiger partial charge is 0.441 e. The van der Waals surface area contributed by atoms with Gasteiger partial charge < -0.3 is 9.73 Å². The second kappa shape index (κ2) is 9.18. The molecule has 1 amide bonds. The number of aryl methyl sites for hydroxylation is 2. The Bertz CT molecular complexity index is 1200. The minimum Gasteiger partial charge on any atom is -0.441 e. The molecule has 0 unspecified atom stereocenters. The van der Waals surface area contributed by atoms with Crippen molar-refractivity contribution in [3.63, 3.8) is 0 Å². The summed E-state index contributed by atoms with van der Waals surface area (Å²) >= 11 is 1.71. The highest BCUT2D eigenvalue weighted by Crippen LogP contribution is 2.28. The third-order valence-corrected chi connectivity index (χ3v) is 5.87. The van der Waals surface area contributed by atoms with Crippen LogP contribution in [0.1, 0.15) is 27.4 Å². The predicted octanol–water partition coefficient (Wildman–Crippen LogP) is 6.64. The average Bonchev–Trinajstić information content (AvgIpc) is 3.15. The third kappa shape index (κ3) is 5.03. The van der Waals surface area contributed by atoms with Gasteiger partial charge in [-0.05, 0) is 74.0 Å². The van der Waals surface area contributed by atoms with E-state index in [1.807, 2.05) is 37.3 Å². The summed E-state index contributed by atoms with van der Waals surface area (Å²) in [6.45, 7) is 3.66. The summed E-state index contributed by atoms with van der Waals surface area (Å²) in [5.41, 5.74) is 3.45. The number of halogens is 1. The smallest absolute Gasteiger partial charge is 0.255 e. The highest BCUT2D eigenvalue weighted by molar-refractivity contribution is 7.98. The van der Waals surface area contributed by atoms with Crippen molar-refractivity contribution in [3.05, 3.63) is 101 Å². The minimum absolute atomic E-state index is 0.259. The standard InChI is InChI=1S/C25H21FN2O2S/c1-16-14-20(26)12-13-22(16)27-24(29)18-8-10-19(11-9-18)25-28-23(17(2)30-25)15-31-21-6-4-3-5-7-21/h3-14H,15H2,1-2H3,(H,27,29). The second-order valence-corrected chi connectivity index (χ2v) is 8.16. The number of carbonyl (C=O) groups is 1. The van der Waals surface area contributed by atoms with E-state index >= 15 is 0 Å². The Morgan fingerprint density at radius 1 is 1.03 bits per heavy atom. The highest BCUT2D eigenvalue weighted by atomic mass is 32.2. The molecule has 6 heteroatoms. The van der Waals surface area contributed by atoms with Crippen LogP contribution in [0.3, 0.4) is 0 Å². The van der Waals surface area contributed by atoms with E-state index in [4.69, 9.17) is 4.42 Å². The van der Waals surface area contributed by atoms with E-state index in [1.54, 1.807) is 36.9 Å². The van der Waals surface area contributed by atoms with Gasteiger partial charge in [0.15, 0.2) is 0 Å². The molecule has 0 spiro atoms. The molecule has 1 aromatic heterocycles. The Labute approximate surface area is 184 Å². The van der Waals surface area contributed by atoms with Gasteiger partial charge in [-0.1, -0.05) is 18.2 Å². The van der Waals surface area contributed by atoms with Crippen molar-refractivity contribution in [2.45, 2.75) is 24.5 Å². The molecule has 0 saturated heterocycles. The average molecular weight is 433 g/mol. The third-order valence-electron chi connectivity index (χ3n) is 4.84.